The summed E-state index contributed by atoms with van der Waals surface area (Å²) in [5.74, 6) is 0.821. The van der Waals surface area contributed by atoms with Crippen molar-refractivity contribution in [2.24, 2.45) is 0 Å². The number of hydrogen-bond acceptors (Lipinski definition) is 7. The lowest BCUT2D eigenvalue weighted by molar-refractivity contribution is 0.0374. The molecule has 0 spiro atoms. The van der Waals surface area contributed by atoms with E-state index in [1.165, 1.54) is 0 Å². The molecule has 1 amide bonds. The fourth-order valence-electron chi connectivity index (χ4n) is 4.52. The lowest BCUT2D eigenvalue weighted by atomic mass is 10.1. The van der Waals surface area contributed by atoms with E-state index < -0.39 is 0 Å². The largest absolute Gasteiger partial charge is 0.495 e. The van der Waals surface area contributed by atoms with Gasteiger partial charge in [-0.2, -0.15) is 0 Å². The number of carbonyl (C=O) groups is 1. The first-order valence-corrected chi connectivity index (χ1v) is 11.8. The van der Waals surface area contributed by atoms with Crippen molar-refractivity contribution in [2.45, 2.75) is 6.42 Å². The first-order valence-electron chi connectivity index (χ1n) is 11.8. The molecule has 4 rings (SSSR count). The van der Waals surface area contributed by atoms with Gasteiger partial charge in [0.2, 0.25) is 0 Å². The molecular formula is C25H35N5O3. The zero-order chi connectivity index (χ0) is 23.0. The molecule has 8 heteroatoms. The van der Waals surface area contributed by atoms with E-state index in [1.807, 2.05) is 30.3 Å². The van der Waals surface area contributed by atoms with Gasteiger partial charge in [-0.15, -0.1) is 0 Å². The van der Waals surface area contributed by atoms with E-state index in [9.17, 15) is 4.79 Å². The van der Waals surface area contributed by atoms with E-state index in [2.05, 4.69) is 26.1 Å². The highest BCUT2D eigenvalue weighted by molar-refractivity contribution is 6.00. The third-order valence-corrected chi connectivity index (χ3v) is 6.35. The number of amides is 1. The topological polar surface area (TPSA) is 83.3 Å². The lowest BCUT2D eigenvalue weighted by Gasteiger charge is -2.38. The molecule has 2 aliphatic rings. The van der Waals surface area contributed by atoms with Gasteiger partial charge in [-0.3, -0.25) is 9.69 Å². The minimum atomic E-state index is -0.0635. The van der Waals surface area contributed by atoms with Gasteiger partial charge >= 0.3 is 0 Å². The van der Waals surface area contributed by atoms with Gasteiger partial charge < -0.3 is 30.3 Å². The molecule has 0 aliphatic carbocycles. The van der Waals surface area contributed by atoms with Crippen LogP contribution in [0, 0.1) is 0 Å². The van der Waals surface area contributed by atoms with Crippen LogP contribution in [0.15, 0.2) is 42.5 Å². The van der Waals surface area contributed by atoms with Gasteiger partial charge in [-0.05, 0) is 43.3 Å². The van der Waals surface area contributed by atoms with Crippen molar-refractivity contribution in [1.82, 2.24) is 10.2 Å². The average molecular weight is 454 g/mol. The quantitative estimate of drug-likeness (QED) is 0.468. The Labute approximate surface area is 196 Å². The Bertz CT molecular complexity index is 924. The highest BCUT2D eigenvalue weighted by atomic mass is 16.5. The Morgan fingerprint density at radius 1 is 1.00 bits per heavy atom. The van der Waals surface area contributed by atoms with Gasteiger partial charge in [0.15, 0.2) is 0 Å². The van der Waals surface area contributed by atoms with Crippen LogP contribution in [-0.2, 0) is 4.74 Å². The summed E-state index contributed by atoms with van der Waals surface area (Å²) in [6.45, 7) is 8.48. The highest BCUT2D eigenvalue weighted by Gasteiger charge is 2.23. The summed E-state index contributed by atoms with van der Waals surface area (Å²) in [7, 11) is 1.70. The van der Waals surface area contributed by atoms with E-state index in [-0.39, 0.29) is 5.91 Å². The molecule has 2 aromatic carbocycles. The fraction of sp³-hybridized carbons (Fsp3) is 0.480. The van der Waals surface area contributed by atoms with Gasteiger partial charge in [0, 0.05) is 57.2 Å². The Morgan fingerprint density at radius 2 is 1.70 bits per heavy atom. The number of morpholine rings is 1. The summed E-state index contributed by atoms with van der Waals surface area (Å²) < 4.78 is 10.9. The predicted molar refractivity (Wildman–Crippen MR) is 132 cm³/mol. The molecule has 2 aromatic rings. The van der Waals surface area contributed by atoms with Crippen molar-refractivity contribution < 1.29 is 14.3 Å². The molecular weight excluding hydrogens is 418 g/mol. The number of para-hydroxylation sites is 2. The Kier molecular flexibility index (Phi) is 7.91. The molecule has 0 atom stereocenters. The van der Waals surface area contributed by atoms with Crippen molar-refractivity contribution >= 4 is 23.0 Å². The van der Waals surface area contributed by atoms with Gasteiger partial charge in [0.1, 0.15) is 5.75 Å². The van der Waals surface area contributed by atoms with Crippen LogP contribution >= 0.6 is 0 Å². The number of benzene rings is 2. The summed E-state index contributed by atoms with van der Waals surface area (Å²) in [6.07, 6.45) is 0.918. The van der Waals surface area contributed by atoms with Crippen LogP contribution in [0.3, 0.4) is 0 Å². The van der Waals surface area contributed by atoms with Crippen LogP contribution in [-0.4, -0.2) is 83.5 Å². The van der Waals surface area contributed by atoms with Crippen LogP contribution in [0.4, 0.5) is 17.1 Å². The molecule has 2 fully saturated rings. The van der Waals surface area contributed by atoms with E-state index in [0.717, 1.165) is 82.6 Å². The number of carbonyl (C=O) groups excluding carboxylic acids is 1. The fourth-order valence-corrected chi connectivity index (χ4v) is 4.52. The third-order valence-electron chi connectivity index (χ3n) is 6.35. The second kappa shape index (κ2) is 11.2. The first kappa shape index (κ1) is 23.2. The third kappa shape index (κ3) is 5.89. The Morgan fingerprint density at radius 3 is 2.42 bits per heavy atom. The number of piperazine rings is 1. The standard InChI is InChI=1S/C25H35N5O3/c1-32-24-6-3-2-5-23(24)30-13-11-29(12-14-30)22-8-7-20(26)19-21(22)25(31)27-9-4-10-28-15-17-33-18-16-28/h2-3,5-8,19H,4,9-18,26H2,1H3,(H,27,31). The molecule has 33 heavy (non-hydrogen) atoms. The number of methoxy groups -OCH3 is 1. The number of anilines is 3. The maximum absolute atomic E-state index is 13.0. The van der Waals surface area contributed by atoms with E-state index in [4.69, 9.17) is 15.2 Å². The number of hydrogen-bond donors (Lipinski definition) is 2. The van der Waals surface area contributed by atoms with Gasteiger partial charge in [-0.1, -0.05) is 12.1 Å². The number of nitrogens with one attached hydrogen (secondary N) is 1. The molecule has 2 saturated heterocycles. The molecule has 8 nitrogen and oxygen atoms in total. The normalized spacial score (nSPS) is 17.1. The molecule has 2 aliphatic heterocycles. The number of nitrogen functional groups attached to an aromatic ring is 1. The second-order valence-corrected chi connectivity index (χ2v) is 8.49. The predicted octanol–water partition coefficient (Wildman–Crippen LogP) is 2.06. The Hall–Kier alpha value is -2.97. The number of nitrogens with two attached hydrogens (primary N) is 1. The number of ether oxygens (including phenoxy) is 2. The smallest absolute Gasteiger partial charge is 0.253 e. The summed E-state index contributed by atoms with van der Waals surface area (Å²) >= 11 is 0. The zero-order valence-electron chi connectivity index (χ0n) is 19.5. The lowest BCUT2D eigenvalue weighted by Crippen LogP contribution is -2.47. The monoisotopic (exact) mass is 453 g/mol. The minimum absolute atomic E-state index is 0.0635. The van der Waals surface area contributed by atoms with Crippen molar-refractivity contribution in [3.8, 4) is 5.75 Å². The van der Waals surface area contributed by atoms with E-state index >= 15 is 0 Å². The average Bonchev–Trinajstić information content (AvgIpc) is 2.87. The second-order valence-electron chi connectivity index (χ2n) is 8.49. The summed E-state index contributed by atoms with van der Waals surface area (Å²) in [5, 5.41) is 3.09. The molecule has 0 saturated carbocycles. The maximum Gasteiger partial charge on any atom is 0.253 e. The summed E-state index contributed by atoms with van der Waals surface area (Å²) in [4.78, 5) is 20.0. The van der Waals surface area contributed by atoms with Crippen molar-refractivity contribution in [3.63, 3.8) is 0 Å². The maximum atomic E-state index is 13.0. The Balaban J connectivity index is 1.35. The zero-order valence-corrected chi connectivity index (χ0v) is 19.5. The highest BCUT2D eigenvalue weighted by Crippen LogP contribution is 2.30. The van der Waals surface area contributed by atoms with Crippen molar-refractivity contribution in [3.05, 3.63) is 48.0 Å². The van der Waals surface area contributed by atoms with Crippen LogP contribution in [0.5, 0.6) is 5.75 Å². The SMILES string of the molecule is COc1ccccc1N1CCN(c2ccc(N)cc2C(=O)NCCCN2CCOCC2)CC1. The van der Waals surface area contributed by atoms with E-state index in [0.29, 0.717) is 17.8 Å². The first-order chi connectivity index (χ1) is 16.2. The molecule has 0 radical (unpaired) electrons. The van der Waals surface area contributed by atoms with Crippen LogP contribution in [0.25, 0.3) is 0 Å². The van der Waals surface area contributed by atoms with Crippen molar-refractivity contribution in [1.29, 1.82) is 0 Å². The van der Waals surface area contributed by atoms with Crippen molar-refractivity contribution in [2.75, 3.05) is 88.2 Å². The minimum Gasteiger partial charge on any atom is -0.495 e. The number of nitrogens with zero attached hydrogens (tertiary/aromatic N) is 3. The summed E-state index contributed by atoms with van der Waals surface area (Å²) in [5.41, 5.74) is 9.33. The number of rotatable bonds is 8. The molecule has 178 valence electrons. The van der Waals surface area contributed by atoms with Gasteiger partial charge in [-0.25, -0.2) is 0 Å². The van der Waals surface area contributed by atoms with Gasteiger partial charge in [0.25, 0.3) is 5.91 Å². The molecule has 0 unspecified atom stereocenters. The van der Waals surface area contributed by atoms with Crippen LogP contribution in [0.1, 0.15) is 16.8 Å². The summed E-state index contributed by atoms with van der Waals surface area (Å²) in [6, 6.07) is 13.7. The molecule has 3 N–H and O–H groups in total. The van der Waals surface area contributed by atoms with E-state index in [1.54, 1.807) is 13.2 Å². The van der Waals surface area contributed by atoms with Gasteiger partial charge in [0.05, 0.1) is 31.6 Å². The molecule has 0 bridgehead atoms. The molecule has 0 aromatic heterocycles. The molecule has 2 heterocycles. The van der Waals surface area contributed by atoms with Crippen LogP contribution in [0.2, 0.25) is 0 Å². The van der Waals surface area contributed by atoms with Crippen LogP contribution < -0.4 is 25.6 Å².